The molecule has 0 fully saturated rings. The van der Waals surface area contributed by atoms with Crippen LogP contribution in [0.2, 0.25) is 0 Å². The van der Waals surface area contributed by atoms with Crippen LogP contribution in [0.25, 0.3) is 0 Å². The average Bonchev–Trinajstić information content (AvgIpc) is 2.10. The molecule has 0 bridgehead atoms. The number of hydrogen-bond donors (Lipinski definition) is 0. The van der Waals surface area contributed by atoms with E-state index in [1.165, 1.54) is 6.20 Å². The minimum atomic E-state index is -0.469. The van der Waals surface area contributed by atoms with E-state index in [-0.39, 0.29) is 0 Å². The summed E-state index contributed by atoms with van der Waals surface area (Å²) in [6.45, 7) is 4.00. The van der Waals surface area contributed by atoms with Crippen LogP contribution < -0.4 is 0 Å². The quantitative estimate of drug-likeness (QED) is 0.608. The van der Waals surface area contributed by atoms with Gasteiger partial charge in [-0.3, -0.25) is 9.78 Å². The molecule has 0 N–H and O–H groups in total. The number of carbonyl (C=O) groups is 1. The first kappa shape index (κ1) is 10.1. The third kappa shape index (κ3) is 3.73. The Kier molecular flexibility index (Phi) is 5.39. The number of pyridine rings is 1. The second kappa shape index (κ2) is 5.86. The van der Waals surface area contributed by atoms with Gasteiger partial charge in [0.1, 0.15) is 0 Å². The molecule has 1 aromatic rings. The minimum absolute atomic E-state index is 0.430. The Morgan fingerprint density at radius 3 is 2.45 bits per heavy atom. The van der Waals surface area contributed by atoms with E-state index in [1.54, 1.807) is 18.3 Å². The van der Waals surface area contributed by atoms with Crippen molar-refractivity contribution in [1.82, 2.24) is 4.98 Å². The van der Waals surface area contributed by atoms with Crippen LogP contribution >= 0.6 is 11.6 Å². The highest BCUT2D eigenvalue weighted by molar-refractivity contribution is 6.67. The second-order valence-corrected chi connectivity index (χ2v) is 1.86. The normalized spacial score (nSPS) is 7.91. The standard InChI is InChI=1S/C6H4ClNO.C2H6/c7-6(9)5-2-1-3-8-4-5;1-2/h1-4H;1-2H3. The minimum Gasteiger partial charge on any atom is -0.276 e. The van der Waals surface area contributed by atoms with Crippen molar-refractivity contribution < 1.29 is 4.79 Å². The molecule has 0 aromatic carbocycles. The number of carbonyl (C=O) groups excluding carboxylic acids is 1. The number of rotatable bonds is 1. The van der Waals surface area contributed by atoms with Crippen molar-refractivity contribution in [1.29, 1.82) is 0 Å². The van der Waals surface area contributed by atoms with Gasteiger partial charge >= 0.3 is 0 Å². The Morgan fingerprint density at radius 2 is 2.18 bits per heavy atom. The van der Waals surface area contributed by atoms with Crippen LogP contribution in [0.15, 0.2) is 24.5 Å². The Morgan fingerprint density at radius 1 is 1.55 bits per heavy atom. The molecule has 11 heavy (non-hydrogen) atoms. The second-order valence-electron chi connectivity index (χ2n) is 1.52. The molecule has 0 atom stereocenters. The summed E-state index contributed by atoms with van der Waals surface area (Å²) in [7, 11) is 0. The van der Waals surface area contributed by atoms with Crippen LogP contribution in [0.1, 0.15) is 24.2 Å². The first-order chi connectivity index (χ1) is 5.30. The Bertz CT molecular complexity index is 211. The summed E-state index contributed by atoms with van der Waals surface area (Å²) in [6.07, 6.45) is 3.01. The molecule has 2 nitrogen and oxygen atoms in total. The molecule has 0 radical (unpaired) electrons. The SMILES string of the molecule is CC.O=C(Cl)c1cccnc1. The summed E-state index contributed by atoms with van der Waals surface area (Å²) in [5.41, 5.74) is 0.430. The van der Waals surface area contributed by atoms with Gasteiger partial charge in [-0.1, -0.05) is 13.8 Å². The first-order valence-electron chi connectivity index (χ1n) is 3.40. The third-order valence-electron chi connectivity index (χ3n) is 0.888. The van der Waals surface area contributed by atoms with Gasteiger partial charge in [-0.2, -0.15) is 0 Å². The van der Waals surface area contributed by atoms with E-state index in [1.807, 2.05) is 13.8 Å². The third-order valence-corrected chi connectivity index (χ3v) is 1.11. The fraction of sp³-hybridized carbons (Fsp3) is 0.250. The highest BCUT2D eigenvalue weighted by atomic mass is 35.5. The molecule has 1 heterocycles. The molecule has 1 rings (SSSR count). The summed E-state index contributed by atoms with van der Waals surface area (Å²) < 4.78 is 0. The lowest BCUT2D eigenvalue weighted by Crippen LogP contribution is -1.87. The van der Waals surface area contributed by atoms with Crippen LogP contribution in [-0.4, -0.2) is 10.2 Å². The molecule has 60 valence electrons. The van der Waals surface area contributed by atoms with Crippen molar-refractivity contribution in [3.63, 3.8) is 0 Å². The average molecular weight is 172 g/mol. The first-order valence-corrected chi connectivity index (χ1v) is 3.78. The molecule has 0 saturated heterocycles. The molecule has 0 spiro atoms. The van der Waals surface area contributed by atoms with Crippen LogP contribution in [0.3, 0.4) is 0 Å². The molecule has 0 amide bonds. The molecule has 0 saturated carbocycles. The smallest absolute Gasteiger partial charge is 0.253 e. The zero-order valence-corrected chi connectivity index (χ0v) is 7.30. The maximum atomic E-state index is 10.4. The highest BCUT2D eigenvalue weighted by Crippen LogP contribution is 1.98. The van der Waals surface area contributed by atoms with Gasteiger partial charge in [-0.25, -0.2) is 0 Å². The van der Waals surface area contributed by atoms with E-state index in [0.29, 0.717) is 5.56 Å². The zero-order chi connectivity index (χ0) is 8.69. The van der Waals surface area contributed by atoms with E-state index in [9.17, 15) is 4.79 Å². The van der Waals surface area contributed by atoms with Gasteiger partial charge in [0.05, 0.1) is 5.56 Å². The van der Waals surface area contributed by atoms with Crippen LogP contribution in [-0.2, 0) is 0 Å². The van der Waals surface area contributed by atoms with E-state index in [0.717, 1.165) is 0 Å². The lowest BCUT2D eigenvalue weighted by Gasteiger charge is -1.86. The lowest BCUT2D eigenvalue weighted by atomic mass is 10.3. The predicted molar refractivity (Wildman–Crippen MR) is 45.8 cm³/mol. The summed E-state index contributed by atoms with van der Waals surface area (Å²) >= 11 is 5.12. The molecule has 0 unspecified atom stereocenters. The summed E-state index contributed by atoms with van der Waals surface area (Å²) in [5.74, 6) is 0. The fourth-order valence-electron chi connectivity index (χ4n) is 0.479. The zero-order valence-electron chi connectivity index (χ0n) is 6.54. The summed E-state index contributed by atoms with van der Waals surface area (Å²) in [5, 5.41) is -0.469. The van der Waals surface area contributed by atoms with Crippen LogP contribution in [0.4, 0.5) is 0 Å². The van der Waals surface area contributed by atoms with Crippen molar-refractivity contribution in [3.8, 4) is 0 Å². The Balaban J connectivity index is 0.000000461. The van der Waals surface area contributed by atoms with Gasteiger partial charge in [0.25, 0.3) is 5.24 Å². The van der Waals surface area contributed by atoms with Crippen molar-refractivity contribution in [3.05, 3.63) is 30.1 Å². The Labute approximate surface area is 71.2 Å². The molecular formula is C8H10ClNO. The molecule has 0 aliphatic carbocycles. The topological polar surface area (TPSA) is 30.0 Å². The molecular weight excluding hydrogens is 162 g/mol. The fourth-order valence-corrected chi connectivity index (χ4v) is 0.591. The summed E-state index contributed by atoms with van der Waals surface area (Å²) in [6, 6.07) is 3.28. The van der Waals surface area contributed by atoms with Gasteiger partial charge in [0, 0.05) is 12.4 Å². The maximum absolute atomic E-state index is 10.4. The Hall–Kier alpha value is -0.890. The van der Waals surface area contributed by atoms with Gasteiger partial charge in [0.15, 0.2) is 0 Å². The monoisotopic (exact) mass is 171 g/mol. The number of halogens is 1. The van der Waals surface area contributed by atoms with Crippen LogP contribution in [0.5, 0.6) is 0 Å². The van der Waals surface area contributed by atoms with Gasteiger partial charge in [0.2, 0.25) is 0 Å². The van der Waals surface area contributed by atoms with Crippen molar-refractivity contribution >= 4 is 16.8 Å². The van der Waals surface area contributed by atoms with Gasteiger partial charge < -0.3 is 0 Å². The lowest BCUT2D eigenvalue weighted by molar-refractivity contribution is 0.108. The molecule has 0 aliphatic heterocycles. The summed E-state index contributed by atoms with van der Waals surface area (Å²) in [4.78, 5) is 14.1. The molecule has 0 aliphatic rings. The molecule has 1 aromatic heterocycles. The molecule has 3 heteroatoms. The van der Waals surface area contributed by atoms with E-state index < -0.39 is 5.24 Å². The maximum Gasteiger partial charge on any atom is 0.253 e. The van der Waals surface area contributed by atoms with E-state index >= 15 is 0 Å². The largest absolute Gasteiger partial charge is 0.276 e. The van der Waals surface area contributed by atoms with Crippen molar-refractivity contribution in [2.75, 3.05) is 0 Å². The van der Waals surface area contributed by atoms with Crippen molar-refractivity contribution in [2.45, 2.75) is 13.8 Å². The van der Waals surface area contributed by atoms with Crippen molar-refractivity contribution in [2.24, 2.45) is 0 Å². The number of nitrogens with zero attached hydrogens (tertiary/aromatic N) is 1. The van der Waals surface area contributed by atoms with E-state index in [4.69, 9.17) is 11.6 Å². The van der Waals surface area contributed by atoms with E-state index in [2.05, 4.69) is 4.98 Å². The number of hydrogen-bond acceptors (Lipinski definition) is 2. The van der Waals surface area contributed by atoms with Gasteiger partial charge in [-0.15, -0.1) is 0 Å². The van der Waals surface area contributed by atoms with Crippen LogP contribution in [0, 0.1) is 0 Å². The van der Waals surface area contributed by atoms with Gasteiger partial charge in [-0.05, 0) is 23.7 Å². The highest BCUT2D eigenvalue weighted by Gasteiger charge is 1.96. The number of aromatic nitrogens is 1. The predicted octanol–water partition coefficient (Wildman–Crippen LogP) is 2.49.